The molecule has 0 saturated carbocycles. The van der Waals surface area contributed by atoms with E-state index < -0.39 is 0 Å². The van der Waals surface area contributed by atoms with E-state index in [1.165, 1.54) is 0 Å². The van der Waals surface area contributed by atoms with Gasteiger partial charge in [-0.25, -0.2) is 9.98 Å². The average Bonchev–Trinajstić information content (AvgIpc) is 3.14. The van der Waals surface area contributed by atoms with Crippen molar-refractivity contribution in [2.24, 2.45) is 4.99 Å². The first kappa shape index (κ1) is 23.4. The highest BCUT2D eigenvalue weighted by molar-refractivity contribution is 14.0. The van der Waals surface area contributed by atoms with Gasteiger partial charge in [-0.2, -0.15) is 0 Å². The number of hydrogen-bond acceptors (Lipinski definition) is 5. The maximum absolute atomic E-state index is 5.55. The Kier molecular flexibility index (Phi) is 11.7. The zero-order chi connectivity index (χ0) is 18.6. The molecule has 27 heavy (non-hydrogen) atoms. The topological polar surface area (TPSA) is 74.9 Å². The highest BCUT2D eigenvalue weighted by Gasteiger charge is 2.06. The van der Waals surface area contributed by atoms with Crippen LogP contribution >= 0.6 is 24.0 Å². The van der Waals surface area contributed by atoms with Gasteiger partial charge in [-0.1, -0.05) is 18.2 Å². The number of guanidine groups is 1. The molecule has 0 aliphatic rings. The third-order valence-electron chi connectivity index (χ3n) is 3.78. The Labute approximate surface area is 178 Å². The molecule has 0 aliphatic heterocycles. The number of aromatic nitrogens is 1. The van der Waals surface area contributed by atoms with Crippen LogP contribution in [0.1, 0.15) is 12.6 Å². The van der Waals surface area contributed by atoms with Crippen molar-refractivity contribution in [3.8, 4) is 11.5 Å². The van der Waals surface area contributed by atoms with Crippen LogP contribution in [0.2, 0.25) is 0 Å². The van der Waals surface area contributed by atoms with Crippen LogP contribution in [0.15, 0.2) is 46.0 Å². The minimum absolute atomic E-state index is 0. The number of halogens is 1. The molecule has 0 atom stereocenters. The van der Waals surface area contributed by atoms with Crippen LogP contribution < -0.4 is 10.6 Å². The number of methoxy groups -OCH3 is 1. The molecule has 0 unspecified atom stereocenters. The summed E-state index contributed by atoms with van der Waals surface area (Å²) in [6.07, 6.45) is 1.66. The minimum atomic E-state index is 0. The Hall–Kier alpha value is -1.65. The van der Waals surface area contributed by atoms with Crippen LogP contribution in [0.25, 0.3) is 11.5 Å². The average molecular weight is 487 g/mol. The quantitative estimate of drug-likeness (QED) is 0.305. The number of aliphatic imine (C=N–C) groups is 1. The van der Waals surface area contributed by atoms with Gasteiger partial charge in [0.1, 0.15) is 12.0 Å². The van der Waals surface area contributed by atoms with Crippen LogP contribution in [0.5, 0.6) is 0 Å². The zero-order valence-electron chi connectivity index (χ0n) is 16.3. The Morgan fingerprint density at radius 3 is 2.70 bits per heavy atom. The fourth-order valence-corrected chi connectivity index (χ4v) is 2.32. The molecule has 0 aliphatic carbocycles. The number of hydrogen-bond donors (Lipinski definition) is 2. The Morgan fingerprint density at radius 2 is 2.00 bits per heavy atom. The zero-order valence-corrected chi connectivity index (χ0v) is 18.6. The van der Waals surface area contributed by atoms with E-state index in [1.54, 1.807) is 13.4 Å². The van der Waals surface area contributed by atoms with Crippen LogP contribution in [0.3, 0.4) is 0 Å². The van der Waals surface area contributed by atoms with Gasteiger partial charge in [0.05, 0.1) is 13.2 Å². The number of nitrogens with zero attached hydrogens (tertiary/aromatic N) is 3. The highest BCUT2D eigenvalue weighted by Crippen LogP contribution is 2.18. The molecule has 0 amide bonds. The molecule has 7 nitrogen and oxygen atoms in total. The lowest BCUT2D eigenvalue weighted by Gasteiger charge is -2.17. The summed E-state index contributed by atoms with van der Waals surface area (Å²) >= 11 is 0. The van der Waals surface area contributed by atoms with E-state index in [-0.39, 0.29) is 24.0 Å². The summed E-state index contributed by atoms with van der Waals surface area (Å²) < 4.78 is 10.6. The molecule has 0 saturated heterocycles. The van der Waals surface area contributed by atoms with Gasteiger partial charge in [0, 0.05) is 38.9 Å². The minimum Gasteiger partial charge on any atom is -0.444 e. The number of oxazole rings is 1. The predicted molar refractivity (Wildman–Crippen MR) is 120 cm³/mol. The van der Waals surface area contributed by atoms with Crippen LogP contribution in [-0.4, -0.2) is 62.8 Å². The van der Waals surface area contributed by atoms with Gasteiger partial charge < -0.3 is 24.7 Å². The molecule has 2 rings (SSSR count). The van der Waals surface area contributed by atoms with Crippen molar-refractivity contribution in [1.29, 1.82) is 0 Å². The lowest BCUT2D eigenvalue weighted by atomic mass is 10.2. The van der Waals surface area contributed by atoms with Gasteiger partial charge >= 0.3 is 0 Å². The van der Waals surface area contributed by atoms with E-state index in [0.29, 0.717) is 12.4 Å². The number of benzene rings is 1. The molecule has 0 spiro atoms. The van der Waals surface area contributed by atoms with E-state index in [2.05, 4.69) is 32.6 Å². The summed E-state index contributed by atoms with van der Waals surface area (Å²) in [6, 6.07) is 9.86. The molecule has 1 aromatic carbocycles. The van der Waals surface area contributed by atoms with Crippen molar-refractivity contribution >= 4 is 29.9 Å². The van der Waals surface area contributed by atoms with E-state index in [9.17, 15) is 0 Å². The van der Waals surface area contributed by atoms with Crippen molar-refractivity contribution in [2.45, 2.75) is 13.5 Å². The fraction of sp³-hybridized carbons (Fsp3) is 0.474. The lowest BCUT2D eigenvalue weighted by molar-refractivity contribution is 0.162. The van der Waals surface area contributed by atoms with E-state index in [1.807, 2.05) is 37.3 Å². The molecule has 2 aromatic rings. The first-order valence-electron chi connectivity index (χ1n) is 8.92. The van der Waals surface area contributed by atoms with Crippen molar-refractivity contribution < 1.29 is 9.15 Å². The smallest absolute Gasteiger partial charge is 0.226 e. The van der Waals surface area contributed by atoms with Crippen LogP contribution in [0.4, 0.5) is 0 Å². The van der Waals surface area contributed by atoms with E-state index in [0.717, 1.165) is 50.0 Å². The molecule has 1 heterocycles. The van der Waals surface area contributed by atoms with Gasteiger partial charge in [0.2, 0.25) is 5.89 Å². The predicted octanol–water partition coefficient (Wildman–Crippen LogP) is 2.59. The third kappa shape index (κ3) is 8.72. The molecular weight excluding hydrogens is 457 g/mol. The maximum atomic E-state index is 5.55. The first-order valence-corrected chi connectivity index (χ1v) is 8.92. The van der Waals surface area contributed by atoms with Crippen LogP contribution in [0, 0.1) is 0 Å². The van der Waals surface area contributed by atoms with Gasteiger partial charge in [-0.15, -0.1) is 24.0 Å². The summed E-state index contributed by atoms with van der Waals surface area (Å²) in [5.74, 6) is 1.39. The largest absolute Gasteiger partial charge is 0.444 e. The number of ether oxygens (including phenoxy) is 1. The van der Waals surface area contributed by atoms with E-state index in [4.69, 9.17) is 9.15 Å². The summed E-state index contributed by atoms with van der Waals surface area (Å²) in [4.78, 5) is 11.3. The molecule has 0 radical (unpaired) electrons. The fourth-order valence-electron chi connectivity index (χ4n) is 2.32. The molecule has 2 N–H and O–H groups in total. The normalized spacial score (nSPS) is 11.3. The molecule has 1 aromatic heterocycles. The van der Waals surface area contributed by atoms with E-state index >= 15 is 0 Å². The van der Waals surface area contributed by atoms with Crippen LogP contribution in [-0.2, 0) is 11.3 Å². The Balaban J connectivity index is 0.00000364. The van der Waals surface area contributed by atoms with Gasteiger partial charge in [-0.3, -0.25) is 0 Å². The highest BCUT2D eigenvalue weighted by atomic mass is 127. The number of nitrogens with one attached hydrogen (secondary N) is 2. The second kappa shape index (κ2) is 13.5. The molecule has 150 valence electrons. The maximum Gasteiger partial charge on any atom is 0.226 e. The Bertz CT molecular complexity index is 663. The van der Waals surface area contributed by atoms with Crippen molar-refractivity contribution in [1.82, 2.24) is 20.5 Å². The SMILES string of the molecule is CCNC(=NCc1coc(-c2ccccc2)n1)NCCN(C)CCOC.I. The third-order valence-corrected chi connectivity index (χ3v) is 3.78. The number of likely N-dealkylation sites (N-methyl/N-ethyl adjacent to an activating group) is 1. The molecule has 0 fully saturated rings. The van der Waals surface area contributed by atoms with Gasteiger partial charge in [-0.05, 0) is 26.1 Å². The lowest BCUT2D eigenvalue weighted by Crippen LogP contribution is -2.41. The monoisotopic (exact) mass is 487 g/mol. The van der Waals surface area contributed by atoms with Crippen molar-refractivity contribution in [2.75, 3.05) is 46.9 Å². The first-order chi connectivity index (χ1) is 12.7. The summed E-state index contributed by atoms with van der Waals surface area (Å²) in [5.41, 5.74) is 1.77. The standard InChI is InChI=1S/C19H29N5O2.HI/c1-4-20-19(21-10-11-24(2)12-13-25-3)22-14-17-15-26-18(23-17)16-8-6-5-7-9-16;/h5-9,15H,4,10-14H2,1-3H3,(H2,20,21,22);1H. The number of rotatable bonds is 10. The molecule has 0 bridgehead atoms. The molecule has 8 heteroatoms. The Morgan fingerprint density at radius 1 is 1.22 bits per heavy atom. The molecular formula is C19H30IN5O2. The summed E-state index contributed by atoms with van der Waals surface area (Å²) in [6.45, 7) is 6.68. The second-order valence-corrected chi connectivity index (χ2v) is 5.93. The van der Waals surface area contributed by atoms with Gasteiger partial charge in [0.15, 0.2) is 5.96 Å². The summed E-state index contributed by atoms with van der Waals surface area (Å²) in [7, 11) is 3.79. The van der Waals surface area contributed by atoms with Gasteiger partial charge in [0.25, 0.3) is 0 Å². The summed E-state index contributed by atoms with van der Waals surface area (Å²) in [5, 5.41) is 6.58. The van der Waals surface area contributed by atoms with Crippen molar-refractivity contribution in [3.63, 3.8) is 0 Å². The second-order valence-electron chi connectivity index (χ2n) is 5.93. The van der Waals surface area contributed by atoms with Crippen molar-refractivity contribution in [3.05, 3.63) is 42.3 Å².